The summed E-state index contributed by atoms with van der Waals surface area (Å²) in [4.78, 5) is 1.21. The Kier molecular flexibility index (Phi) is 5.13. The molecule has 0 aromatic heterocycles. The molecule has 0 heterocycles. The number of aliphatic hydroxyl groups is 1. The fourth-order valence-electron chi connectivity index (χ4n) is 2.00. The minimum Gasteiger partial charge on any atom is -0.497 e. The van der Waals surface area contributed by atoms with Crippen LogP contribution in [-0.2, 0) is 0 Å². The van der Waals surface area contributed by atoms with Crippen LogP contribution in [0.25, 0.3) is 0 Å². The number of ether oxygens (including phenoxy) is 1. The summed E-state index contributed by atoms with van der Waals surface area (Å²) in [6.07, 6.45) is 3.46. The zero-order chi connectivity index (χ0) is 13.7. The van der Waals surface area contributed by atoms with E-state index in [-0.39, 0.29) is 12.1 Å². The van der Waals surface area contributed by atoms with Crippen molar-refractivity contribution in [2.24, 2.45) is 0 Å². The van der Waals surface area contributed by atoms with Gasteiger partial charge in [0.05, 0.1) is 13.7 Å². The predicted molar refractivity (Wildman–Crippen MR) is 80.0 cm³/mol. The molecule has 19 heavy (non-hydrogen) atoms. The lowest BCUT2D eigenvalue weighted by Gasteiger charge is -2.28. The second kappa shape index (κ2) is 6.64. The molecule has 1 aromatic rings. The number of rotatable bonds is 8. The van der Waals surface area contributed by atoms with Gasteiger partial charge in [-0.1, -0.05) is 6.07 Å². The fraction of sp³-hybridized carbons (Fsp3) is 0.600. The predicted octanol–water partition coefficient (Wildman–Crippen LogP) is 2.68. The summed E-state index contributed by atoms with van der Waals surface area (Å²) < 4.78 is 5.22. The molecule has 0 bridgehead atoms. The Labute approximate surface area is 119 Å². The van der Waals surface area contributed by atoms with Crippen molar-refractivity contribution in [2.75, 3.05) is 19.5 Å². The topological polar surface area (TPSA) is 41.5 Å². The van der Waals surface area contributed by atoms with Crippen LogP contribution in [-0.4, -0.2) is 36.2 Å². The maximum Gasteiger partial charge on any atom is 0.119 e. The molecule has 1 aromatic carbocycles. The van der Waals surface area contributed by atoms with Crippen molar-refractivity contribution < 1.29 is 9.84 Å². The van der Waals surface area contributed by atoms with Crippen LogP contribution in [0.15, 0.2) is 29.2 Å². The molecule has 0 amide bonds. The lowest BCUT2D eigenvalue weighted by molar-refractivity contribution is 0.169. The molecule has 4 heteroatoms. The van der Waals surface area contributed by atoms with Crippen molar-refractivity contribution in [1.82, 2.24) is 5.32 Å². The van der Waals surface area contributed by atoms with Crippen LogP contribution in [0.3, 0.4) is 0 Å². The number of hydrogen-bond acceptors (Lipinski definition) is 4. The normalized spacial score (nSPS) is 18.1. The van der Waals surface area contributed by atoms with E-state index in [1.54, 1.807) is 7.11 Å². The zero-order valence-corrected chi connectivity index (χ0v) is 12.5. The van der Waals surface area contributed by atoms with Crippen LogP contribution < -0.4 is 10.1 Å². The molecule has 1 fully saturated rings. The second-order valence-electron chi connectivity index (χ2n) is 5.41. The molecule has 1 atom stereocenters. The average molecular weight is 281 g/mol. The monoisotopic (exact) mass is 281 g/mol. The molecule has 0 radical (unpaired) electrons. The third-order valence-corrected chi connectivity index (χ3v) is 4.44. The Bertz CT molecular complexity index is 409. The highest BCUT2D eigenvalue weighted by Crippen LogP contribution is 2.27. The Morgan fingerprint density at radius 3 is 2.89 bits per heavy atom. The van der Waals surface area contributed by atoms with Crippen LogP contribution in [0.2, 0.25) is 0 Å². The van der Waals surface area contributed by atoms with Crippen molar-refractivity contribution in [2.45, 2.75) is 42.7 Å². The fourth-order valence-corrected chi connectivity index (χ4v) is 3.17. The summed E-state index contributed by atoms with van der Waals surface area (Å²) in [5.41, 5.74) is -0.146. The van der Waals surface area contributed by atoms with Crippen molar-refractivity contribution in [3.63, 3.8) is 0 Å². The summed E-state index contributed by atoms with van der Waals surface area (Å²) in [6, 6.07) is 8.73. The van der Waals surface area contributed by atoms with Crippen LogP contribution in [0.1, 0.15) is 26.2 Å². The molecule has 1 aliphatic rings. The van der Waals surface area contributed by atoms with Crippen LogP contribution >= 0.6 is 11.8 Å². The summed E-state index contributed by atoms with van der Waals surface area (Å²) in [5, 5.41) is 13.1. The summed E-state index contributed by atoms with van der Waals surface area (Å²) in [5.74, 6) is 1.88. The van der Waals surface area contributed by atoms with E-state index in [4.69, 9.17) is 4.74 Å². The van der Waals surface area contributed by atoms with Gasteiger partial charge in [0, 0.05) is 16.5 Å². The molecule has 1 aliphatic carbocycles. The Balaban J connectivity index is 1.80. The van der Waals surface area contributed by atoms with Gasteiger partial charge in [-0.15, -0.1) is 11.8 Å². The third kappa shape index (κ3) is 4.71. The molecule has 2 rings (SSSR count). The molecule has 106 valence electrons. The molecule has 0 aliphatic heterocycles. The minimum atomic E-state index is -0.146. The molecule has 3 nitrogen and oxygen atoms in total. The van der Waals surface area contributed by atoms with Crippen molar-refractivity contribution in [3.05, 3.63) is 24.3 Å². The molecule has 0 saturated heterocycles. The highest BCUT2D eigenvalue weighted by molar-refractivity contribution is 7.99. The number of aliphatic hydroxyl groups excluding tert-OH is 1. The molecule has 2 N–H and O–H groups in total. The molecular formula is C15H23NO2S. The largest absolute Gasteiger partial charge is 0.497 e. The van der Waals surface area contributed by atoms with Crippen molar-refractivity contribution in [3.8, 4) is 5.75 Å². The van der Waals surface area contributed by atoms with Crippen LogP contribution in [0.4, 0.5) is 0 Å². The van der Waals surface area contributed by atoms with E-state index in [2.05, 4.69) is 24.4 Å². The van der Waals surface area contributed by atoms with Gasteiger partial charge in [-0.05, 0) is 50.1 Å². The summed E-state index contributed by atoms with van der Waals surface area (Å²) in [7, 11) is 1.69. The summed E-state index contributed by atoms with van der Waals surface area (Å²) in [6.45, 7) is 2.31. The van der Waals surface area contributed by atoms with Gasteiger partial charge < -0.3 is 15.2 Å². The van der Waals surface area contributed by atoms with Gasteiger partial charge in [-0.3, -0.25) is 0 Å². The Hall–Kier alpha value is -0.710. The van der Waals surface area contributed by atoms with E-state index in [1.807, 2.05) is 23.9 Å². The lowest BCUT2D eigenvalue weighted by Crippen LogP contribution is -2.47. The first kappa shape index (κ1) is 14.7. The van der Waals surface area contributed by atoms with Gasteiger partial charge in [-0.25, -0.2) is 0 Å². The second-order valence-corrected chi connectivity index (χ2v) is 6.58. The number of hydrogen-bond donors (Lipinski definition) is 2. The lowest BCUT2D eigenvalue weighted by atomic mass is 10.0. The van der Waals surface area contributed by atoms with Gasteiger partial charge in [-0.2, -0.15) is 0 Å². The Morgan fingerprint density at radius 2 is 2.26 bits per heavy atom. The van der Waals surface area contributed by atoms with Gasteiger partial charge >= 0.3 is 0 Å². The van der Waals surface area contributed by atoms with E-state index < -0.39 is 0 Å². The zero-order valence-electron chi connectivity index (χ0n) is 11.7. The van der Waals surface area contributed by atoms with E-state index in [0.717, 1.165) is 17.9 Å². The summed E-state index contributed by atoms with van der Waals surface area (Å²) >= 11 is 1.81. The highest BCUT2D eigenvalue weighted by atomic mass is 32.2. The third-order valence-electron chi connectivity index (χ3n) is 3.44. The molecule has 1 unspecified atom stereocenters. The van der Waals surface area contributed by atoms with Gasteiger partial charge in [0.15, 0.2) is 0 Å². The first-order chi connectivity index (χ1) is 9.15. The number of benzene rings is 1. The molecular weight excluding hydrogens is 258 g/mol. The quantitative estimate of drug-likeness (QED) is 0.719. The minimum absolute atomic E-state index is 0.146. The van der Waals surface area contributed by atoms with E-state index >= 15 is 0 Å². The Morgan fingerprint density at radius 1 is 1.47 bits per heavy atom. The molecule has 1 saturated carbocycles. The average Bonchev–Trinajstić information content (AvgIpc) is 3.23. The van der Waals surface area contributed by atoms with Gasteiger partial charge in [0.2, 0.25) is 0 Å². The van der Waals surface area contributed by atoms with Gasteiger partial charge in [0.1, 0.15) is 5.75 Å². The van der Waals surface area contributed by atoms with E-state index in [9.17, 15) is 5.11 Å². The number of nitrogens with one attached hydrogen (secondary N) is 1. The number of methoxy groups -OCH3 is 1. The first-order valence-electron chi connectivity index (χ1n) is 6.81. The van der Waals surface area contributed by atoms with Crippen LogP contribution in [0, 0.1) is 0 Å². The van der Waals surface area contributed by atoms with E-state index in [1.165, 1.54) is 17.7 Å². The van der Waals surface area contributed by atoms with Crippen molar-refractivity contribution in [1.29, 1.82) is 0 Å². The van der Waals surface area contributed by atoms with Crippen LogP contribution in [0.5, 0.6) is 5.75 Å². The highest BCUT2D eigenvalue weighted by Gasteiger charge is 2.31. The van der Waals surface area contributed by atoms with Crippen molar-refractivity contribution >= 4 is 11.8 Å². The SMILES string of the molecule is COc1cccc(SCCC(C)(CO)NC2CC2)c1. The number of thioether (sulfide) groups is 1. The standard InChI is InChI=1S/C15H23NO2S/c1-15(11-17,16-12-6-7-12)8-9-19-14-5-3-4-13(10-14)18-2/h3-5,10,12,16-17H,6-9,11H2,1-2H3. The maximum atomic E-state index is 9.55. The smallest absolute Gasteiger partial charge is 0.119 e. The van der Waals surface area contributed by atoms with E-state index in [0.29, 0.717) is 6.04 Å². The molecule has 0 spiro atoms. The maximum absolute atomic E-state index is 9.55. The van der Waals surface area contributed by atoms with Gasteiger partial charge in [0.25, 0.3) is 0 Å². The first-order valence-corrected chi connectivity index (χ1v) is 7.79.